The van der Waals surface area contributed by atoms with Crippen LogP contribution < -0.4 is 9.80 Å². The summed E-state index contributed by atoms with van der Waals surface area (Å²) in [7, 11) is 0. The van der Waals surface area contributed by atoms with Crippen molar-refractivity contribution in [2.45, 2.75) is 25.7 Å². The van der Waals surface area contributed by atoms with Gasteiger partial charge in [-0.25, -0.2) is 8.78 Å². The molecule has 2 aliphatic heterocycles. The summed E-state index contributed by atoms with van der Waals surface area (Å²) in [5.41, 5.74) is 8.40. The molecule has 0 amide bonds. The van der Waals surface area contributed by atoms with Gasteiger partial charge in [-0.1, -0.05) is 48.5 Å². The van der Waals surface area contributed by atoms with Gasteiger partial charge in [0.05, 0.1) is 11.4 Å². The van der Waals surface area contributed by atoms with Crippen LogP contribution in [-0.4, -0.2) is 13.1 Å². The molecular formula is C32H24F2N2. The number of hydrogen-bond donors (Lipinski definition) is 0. The molecule has 0 N–H and O–H groups in total. The number of aryl methyl sites for hydroxylation is 2. The number of anilines is 4. The Labute approximate surface area is 208 Å². The van der Waals surface area contributed by atoms with Crippen LogP contribution in [0.15, 0.2) is 72.8 Å². The molecule has 0 saturated heterocycles. The van der Waals surface area contributed by atoms with E-state index in [1.807, 2.05) is 18.2 Å². The highest BCUT2D eigenvalue weighted by molar-refractivity contribution is 6.17. The lowest BCUT2D eigenvalue weighted by Gasteiger charge is -2.29. The molecule has 5 aromatic carbocycles. The number of benzene rings is 5. The van der Waals surface area contributed by atoms with Gasteiger partial charge in [-0.3, -0.25) is 0 Å². The molecule has 0 fully saturated rings. The van der Waals surface area contributed by atoms with Crippen LogP contribution in [0.25, 0.3) is 21.5 Å². The molecule has 176 valence electrons. The topological polar surface area (TPSA) is 6.48 Å². The minimum Gasteiger partial charge on any atom is -0.338 e. The van der Waals surface area contributed by atoms with Crippen LogP contribution >= 0.6 is 0 Å². The van der Waals surface area contributed by atoms with E-state index in [1.54, 1.807) is 18.2 Å². The fraction of sp³-hybridized carbons (Fsp3) is 0.188. The number of halogens is 2. The van der Waals surface area contributed by atoms with Gasteiger partial charge in [0, 0.05) is 29.9 Å². The van der Waals surface area contributed by atoms with Crippen molar-refractivity contribution in [3.8, 4) is 0 Å². The van der Waals surface area contributed by atoms with Gasteiger partial charge in [-0.05, 0) is 88.4 Å². The van der Waals surface area contributed by atoms with Crippen LogP contribution in [0.4, 0.5) is 31.5 Å². The number of para-hydroxylation sites is 2. The first kappa shape index (κ1) is 20.3. The van der Waals surface area contributed by atoms with E-state index in [1.165, 1.54) is 32.7 Å². The molecule has 8 rings (SSSR count). The zero-order chi connectivity index (χ0) is 24.0. The summed E-state index contributed by atoms with van der Waals surface area (Å²) in [6.45, 7) is 1.57. The van der Waals surface area contributed by atoms with Gasteiger partial charge >= 0.3 is 0 Å². The van der Waals surface area contributed by atoms with Gasteiger partial charge in [0.2, 0.25) is 0 Å². The molecule has 0 radical (unpaired) electrons. The maximum Gasteiger partial charge on any atom is 0.147 e. The van der Waals surface area contributed by atoms with E-state index in [0.29, 0.717) is 5.69 Å². The van der Waals surface area contributed by atoms with Crippen LogP contribution in [0.5, 0.6) is 0 Å². The maximum atomic E-state index is 14.9. The minimum absolute atomic E-state index is 0.149. The maximum absolute atomic E-state index is 14.9. The van der Waals surface area contributed by atoms with Crippen molar-refractivity contribution in [1.29, 1.82) is 0 Å². The van der Waals surface area contributed by atoms with Crippen LogP contribution in [0.3, 0.4) is 0 Å². The molecule has 3 aliphatic rings. The normalized spacial score (nSPS) is 15.8. The highest BCUT2D eigenvalue weighted by Crippen LogP contribution is 2.47. The van der Waals surface area contributed by atoms with Crippen LogP contribution in [0.2, 0.25) is 0 Å². The van der Waals surface area contributed by atoms with Crippen molar-refractivity contribution in [2.24, 2.45) is 0 Å². The Kier molecular flexibility index (Phi) is 4.11. The summed E-state index contributed by atoms with van der Waals surface area (Å²) in [4.78, 5) is 4.33. The summed E-state index contributed by atoms with van der Waals surface area (Å²) < 4.78 is 29.9. The number of rotatable bonds is 2. The highest BCUT2D eigenvalue weighted by Gasteiger charge is 2.30. The smallest absolute Gasteiger partial charge is 0.147 e. The molecule has 36 heavy (non-hydrogen) atoms. The molecular weight excluding hydrogens is 450 g/mol. The first-order chi connectivity index (χ1) is 17.7. The summed E-state index contributed by atoms with van der Waals surface area (Å²) >= 11 is 0. The molecule has 0 aromatic heterocycles. The van der Waals surface area contributed by atoms with Crippen molar-refractivity contribution in [2.75, 3.05) is 22.9 Å². The van der Waals surface area contributed by atoms with Gasteiger partial charge in [0.15, 0.2) is 0 Å². The number of fused-ring (bicyclic) bond motifs is 2. The second-order valence-electron chi connectivity index (χ2n) is 10.2. The Hall–Kier alpha value is -3.92. The van der Waals surface area contributed by atoms with Gasteiger partial charge in [-0.2, -0.15) is 0 Å². The molecule has 2 nitrogen and oxygen atoms in total. The van der Waals surface area contributed by atoms with Crippen molar-refractivity contribution < 1.29 is 8.78 Å². The predicted octanol–water partition coefficient (Wildman–Crippen LogP) is 7.76. The lowest BCUT2D eigenvalue weighted by atomic mass is 9.84. The number of nitrogens with zero attached hydrogens (tertiary/aromatic N) is 2. The van der Waals surface area contributed by atoms with Crippen molar-refractivity contribution in [3.05, 3.63) is 107 Å². The molecule has 1 aliphatic carbocycles. The van der Waals surface area contributed by atoms with E-state index in [0.717, 1.165) is 67.0 Å². The summed E-state index contributed by atoms with van der Waals surface area (Å²) in [6.07, 6.45) is 3.58. The van der Waals surface area contributed by atoms with E-state index in [9.17, 15) is 8.78 Å². The van der Waals surface area contributed by atoms with E-state index in [4.69, 9.17) is 0 Å². The average Bonchev–Trinajstić information content (AvgIpc) is 3.53. The average molecular weight is 475 g/mol. The molecule has 0 unspecified atom stereocenters. The Bertz CT molecular complexity index is 1740. The second kappa shape index (κ2) is 7.30. The van der Waals surface area contributed by atoms with E-state index in [2.05, 4.69) is 46.2 Å². The monoisotopic (exact) mass is 474 g/mol. The molecule has 4 heteroatoms. The summed E-state index contributed by atoms with van der Waals surface area (Å²) in [5.74, 6) is -0.309. The molecule has 0 atom stereocenters. The van der Waals surface area contributed by atoms with E-state index >= 15 is 0 Å². The Morgan fingerprint density at radius 2 is 1.17 bits per heavy atom. The largest absolute Gasteiger partial charge is 0.338 e. The summed E-state index contributed by atoms with van der Waals surface area (Å²) in [6, 6.07) is 24.0. The lowest BCUT2D eigenvalue weighted by molar-refractivity contribution is 0.627. The first-order valence-electron chi connectivity index (χ1n) is 12.8. The van der Waals surface area contributed by atoms with E-state index < -0.39 is 0 Å². The van der Waals surface area contributed by atoms with Crippen molar-refractivity contribution in [3.63, 3.8) is 0 Å². The van der Waals surface area contributed by atoms with Crippen LogP contribution in [-0.2, 0) is 25.7 Å². The third kappa shape index (κ3) is 2.64. The van der Waals surface area contributed by atoms with Gasteiger partial charge in [0.1, 0.15) is 11.6 Å². The fourth-order valence-electron chi connectivity index (χ4n) is 6.89. The minimum atomic E-state index is -0.159. The Balaban J connectivity index is 1.38. The van der Waals surface area contributed by atoms with Crippen LogP contribution in [0, 0.1) is 11.6 Å². The van der Waals surface area contributed by atoms with Crippen molar-refractivity contribution in [1.82, 2.24) is 0 Å². The van der Waals surface area contributed by atoms with Gasteiger partial charge in [-0.15, -0.1) is 0 Å². The van der Waals surface area contributed by atoms with Gasteiger partial charge < -0.3 is 9.80 Å². The fourth-order valence-corrected chi connectivity index (χ4v) is 6.89. The van der Waals surface area contributed by atoms with Crippen LogP contribution in [0.1, 0.15) is 22.3 Å². The molecule has 5 aromatic rings. The SMILES string of the molecule is Fc1cccc2c1N(c1ccc3ccc4c(N5CCc6cccc(F)c65)ccc5c4c3c1CC5)CC2. The third-order valence-electron chi connectivity index (χ3n) is 8.42. The molecule has 0 spiro atoms. The summed E-state index contributed by atoms with van der Waals surface area (Å²) in [5, 5.41) is 4.92. The first-order valence-corrected chi connectivity index (χ1v) is 12.8. The highest BCUT2D eigenvalue weighted by atomic mass is 19.1. The van der Waals surface area contributed by atoms with Gasteiger partial charge in [0.25, 0.3) is 0 Å². The molecule has 2 heterocycles. The lowest BCUT2D eigenvalue weighted by Crippen LogP contribution is -2.18. The zero-order valence-electron chi connectivity index (χ0n) is 19.8. The number of hydrogen-bond acceptors (Lipinski definition) is 2. The zero-order valence-corrected chi connectivity index (χ0v) is 19.8. The molecule has 0 bridgehead atoms. The van der Waals surface area contributed by atoms with E-state index in [-0.39, 0.29) is 11.6 Å². The Morgan fingerprint density at radius 3 is 1.89 bits per heavy atom. The predicted molar refractivity (Wildman–Crippen MR) is 143 cm³/mol. The quantitative estimate of drug-likeness (QED) is 0.241. The second-order valence-corrected chi connectivity index (χ2v) is 10.2. The molecule has 0 saturated carbocycles. The standard InChI is InChI=1S/C32H24F2N2/c33-25-5-1-3-21-15-17-35(31(21)25)27-13-9-19-8-12-24-28(14-10-20-7-11-23(27)29(19)30(20)24)36-18-16-22-4-2-6-26(34)32(22)36/h1-7,9-11,13-14H,8,12,15-18H2. The third-order valence-corrected chi connectivity index (χ3v) is 8.42. The van der Waals surface area contributed by atoms with Crippen molar-refractivity contribution >= 4 is 44.3 Å². The Morgan fingerprint density at radius 1 is 0.528 bits per heavy atom.